The number of rotatable bonds is 5. The predicted molar refractivity (Wildman–Crippen MR) is 130 cm³/mol. The molecule has 10 nitrogen and oxygen atoms in total. The first-order chi connectivity index (χ1) is 16.8. The van der Waals surface area contributed by atoms with E-state index < -0.39 is 11.7 Å². The number of carbonyl (C=O) groups excluding carboxylic acids is 1. The second-order valence-electron chi connectivity index (χ2n) is 10.2. The maximum absolute atomic E-state index is 12.0. The van der Waals surface area contributed by atoms with Gasteiger partial charge in [-0.3, -0.25) is 4.68 Å². The zero-order valence-corrected chi connectivity index (χ0v) is 20.5. The summed E-state index contributed by atoms with van der Waals surface area (Å²) in [7, 11) is 0. The molecule has 5 rings (SSSR count). The number of aliphatic imine (C=N–C) groups is 1. The summed E-state index contributed by atoms with van der Waals surface area (Å²) in [5, 5.41) is 8.94. The number of fused-ring (bicyclic) bond motifs is 1. The SMILES string of the molecule is CC(C)(C)OC(=O)/N=C\C1CCC[C@@H](Oc2nc(-c3cnn(C4CCOC4)c3)cn3nccc23)C1. The molecule has 0 N–H and O–H groups in total. The Morgan fingerprint density at radius 1 is 1.23 bits per heavy atom. The van der Waals surface area contributed by atoms with Crippen molar-refractivity contribution in [2.45, 2.75) is 70.6 Å². The number of hydrogen-bond acceptors (Lipinski definition) is 7. The maximum atomic E-state index is 12.0. The molecule has 10 heteroatoms. The van der Waals surface area contributed by atoms with Gasteiger partial charge in [0, 0.05) is 24.6 Å². The third-order valence-electron chi connectivity index (χ3n) is 6.26. The predicted octanol–water partition coefficient (Wildman–Crippen LogP) is 4.50. The van der Waals surface area contributed by atoms with E-state index in [0.717, 1.165) is 55.5 Å². The van der Waals surface area contributed by atoms with Gasteiger partial charge >= 0.3 is 6.09 Å². The highest BCUT2D eigenvalue weighted by Gasteiger charge is 2.25. The van der Waals surface area contributed by atoms with Crippen LogP contribution in [0.1, 0.15) is 58.9 Å². The summed E-state index contributed by atoms with van der Waals surface area (Å²) in [5.74, 6) is 0.698. The first kappa shape index (κ1) is 23.5. The second-order valence-corrected chi connectivity index (χ2v) is 10.2. The Hall–Kier alpha value is -3.27. The number of aromatic nitrogens is 5. The first-order valence-corrected chi connectivity index (χ1v) is 12.2. The largest absolute Gasteiger partial charge is 0.473 e. The molecule has 0 aromatic carbocycles. The van der Waals surface area contributed by atoms with Crippen molar-refractivity contribution >= 4 is 17.8 Å². The summed E-state index contributed by atoms with van der Waals surface area (Å²) in [5.41, 5.74) is 1.92. The van der Waals surface area contributed by atoms with Gasteiger partial charge in [0.25, 0.3) is 0 Å². The molecule has 186 valence electrons. The van der Waals surface area contributed by atoms with Crippen LogP contribution in [-0.4, -0.2) is 61.6 Å². The van der Waals surface area contributed by atoms with Crippen molar-refractivity contribution in [3.8, 4) is 17.1 Å². The van der Waals surface area contributed by atoms with Crippen LogP contribution in [0.2, 0.25) is 0 Å². The molecular weight excluding hydrogens is 448 g/mol. The standard InChI is InChI=1S/C25H32N6O4/c1-25(2,3)35-24(32)26-12-17-5-4-6-20(11-17)34-23-22-7-9-27-31(22)15-21(29-23)18-13-28-30(14-18)19-8-10-33-16-19/h7,9,12-15,17,19-20H,4-6,8,10-11,16H2,1-3H3/b26-12-/t17?,19?,20-/m1/s1. The number of hydrogen-bond donors (Lipinski definition) is 0. The molecule has 3 aromatic heterocycles. The minimum Gasteiger partial charge on any atom is -0.473 e. The van der Waals surface area contributed by atoms with Gasteiger partial charge in [0.15, 0.2) is 0 Å². The van der Waals surface area contributed by atoms with Gasteiger partial charge in [0.05, 0.1) is 36.9 Å². The van der Waals surface area contributed by atoms with Crippen LogP contribution in [0.25, 0.3) is 16.8 Å². The van der Waals surface area contributed by atoms with Crippen LogP contribution in [-0.2, 0) is 9.47 Å². The number of amides is 1. The molecule has 2 fully saturated rings. The molecule has 0 bridgehead atoms. The smallest absolute Gasteiger partial charge is 0.433 e. The number of ether oxygens (including phenoxy) is 3. The summed E-state index contributed by atoms with van der Waals surface area (Å²) >= 11 is 0. The van der Waals surface area contributed by atoms with E-state index in [1.54, 1.807) is 16.9 Å². The van der Waals surface area contributed by atoms with Crippen LogP contribution in [0.5, 0.6) is 5.88 Å². The molecule has 0 spiro atoms. The molecule has 3 atom stereocenters. The molecule has 4 heterocycles. The van der Waals surface area contributed by atoms with Crippen molar-refractivity contribution in [3.05, 3.63) is 30.9 Å². The highest BCUT2D eigenvalue weighted by molar-refractivity contribution is 5.80. The zero-order chi connectivity index (χ0) is 24.4. The Kier molecular flexibility index (Phi) is 6.55. The summed E-state index contributed by atoms with van der Waals surface area (Å²) in [6.45, 7) is 6.94. The topological polar surface area (TPSA) is 105 Å². The molecule has 0 radical (unpaired) electrons. The lowest BCUT2D eigenvalue weighted by atomic mass is 9.88. The highest BCUT2D eigenvalue weighted by atomic mass is 16.6. The van der Waals surface area contributed by atoms with Crippen LogP contribution >= 0.6 is 0 Å². The van der Waals surface area contributed by atoms with Gasteiger partial charge in [-0.05, 0) is 64.9 Å². The van der Waals surface area contributed by atoms with Gasteiger partial charge in [0.2, 0.25) is 5.88 Å². The van der Waals surface area contributed by atoms with Gasteiger partial charge in [-0.2, -0.15) is 15.2 Å². The number of nitrogens with zero attached hydrogens (tertiary/aromatic N) is 6. The normalized spacial score (nSPS) is 23.2. The summed E-state index contributed by atoms with van der Waals surface area (Å²) in [6, 6.07) is 2.16. The second kappa shape index (κ2) is 9.77. The van der Waals surface area contributed by atoms with E-state index in [2.05, 4.69) is 15.2 Å². The molecule has 1 aliphatic carbocycles. The van der Waals surface area contributed by atoms with Crippen molar-refractivity contribution in [3.63, 3.8) is 0 Å². The van der Waals surface area contributed by atoms with Crippen LogP contribution in [0.4, 0.5) is 4.79 Å². The van der Waals surface area contributed by atoms with Crippen molar-refractivity contribution in [2.75, 3.05) is 13.2 Å². The summed E-state index contributed by atoms with van der Waals surface area (Å²) in [4.78, 5) is 20.8. The number of carbonyl (C=O) groups is 1. The molecular formula is C25H32N6O4. The molecule has 1 saturated carbocycles. The molecule has 2 unspecified atom stereocenters. The Balaban J connectivity index is 1.31. The van der Waals surface area contributed by atoms with E-state index in [1.807, 2.05) is 50.1 Å². The monoisotopic (exact) mass is 480 g/mol. The quantitative estimate of drug-likeness (QED) is 0.495. The highest BCUT2D eigenvalue weighted by Crippen LogP contribution is 2.30. The maximum Gasteiger partial charge on any atom is 0.433 e. The summed E-state index contributed by atoms with van der Waals surface area (Å²) in [6.07, 6.45) is 13.2. The van der Waals surface area contributed by atoms with Gasteiger partial charge in [-0.15, -0.1) is 0 Å². The third kappa shape index (κ3) is 5.70. The van der Waals surface area contributed by atoms with E-state index in [9.17, 15) is 4.79 Å². The first-order valence-electron chi connectivity index (χ1n) is 12.2. The molecule has 3 aromatic rings. The van der Waals surface area contributed by atoms with E-state index in [0.29, 0.717) is 12.5 Å². The Bertz CT molecular complexity index is 1200. The molecule has 35 heavy (non-hydrogen) atoms. The van der Waals surface area contributed by atoms with Gasteiger partial charge in [0.1, 0.15) is 17.2 Å². The van der Waals surface area contributed by atoms with Crippen LogP contribution in [0, 0.1) is 5.92 Å². The lowest BCUT2D eigenvalue weighted by molar-refractivity contribution is 0.0603. The van der Waals surface area contributed by atoms with Crippen molar-refractivity contribution in [2.24, 2.45) is 10.9 Å². The van der Waals surface area contributed by atoms with E-state index in [4.69, 9.17) is 19.2 Å². The fourth-order valence-electron chi connectivity index (χ4n) is 4.56. The zero-order valence-electron chi connectivity index (χ0n) is 20.5. The average molecular weight is 481 g/mol. The van der Waals surface area contributed by atoms with Gasteiger partial charge < -0.3 is 14.2 Å². The molecule has 1 saturated heterocycles. The third-order valence-corrected chi connectivity index (χ3v) is 6.26. The fraction of sp³-hybridized carbons (Fsp3) is 0.560. The Morgan fingerprint density at radius 3 is 2.91 bits per heavy atom. The average Bonchev–Trinajstić information content (AvgIpc) is 3.58. The Morgan fingerprint density at radius 2 is 2.11 bits per heavy atom. The minimum atomic E-state index is -0.555. The van der Waals surface area contributed by atoms with E-state index in [1.165, 1.54) is 0 Å². The Labute approximate surface area is 204 Å². The van der Waals surface area contributed by atoms with Crippen molar-refractivity contribution in [1.82, 2.24) is 24.4 Å². The lowest BCUT2D eigenvalue weighted by Crippen LogP contribution is -2.27. The van der Waals surface area contributed by atoms with Crippen LogP contribution in [0.3, 0.4) is 0 Å². The van der Waals surface area contributed by atoms with Gasteiger partial charge in [-0.1, -0.05) is 0 Å². The van der Waals surface area contributed by atoms with E-state index in [-0.39, 0.29) is 18.1 Å². The minimum absolute atomic E-state index is 0.0290. The fourth-order valence-corrected chi connectivity index (χ4v) is 4.56. The van der Waals surface area contributed by atoms with E-state index >= 15 is 0 Å². The lowest BCUT2D eigenvalue weighted by Gasteiger charge is -2.27. The molecule has 1 amide bonds. The van der Waals surface area contributed by atoms with Crippen molar-refractivity contribution < 1.29 is 19.0 Å². The molecule has 1 aliphatic heterocycles. The van der Waals surface area contributed by atoms with Gasteiger partial charge in [-0.25, -0.2) is 14.3 Å². The van der Waals surface area contributed by atoms with Crippen molar-refractivity contribution in [1.29, 1.82) is 0 Å². The summed E-state index contributed by atoms with van der Waals surface area (Å²) < 4.78 is 20.9. The molecule has 2 aliphatic rings. The van der Waals surface area contributed by atoms with Crippen LogP contribution < -0.4 is 4.74 Å². The van der Waals surface area contributed by atoms with Crippen LogP contribution in [0.15, 0.2) is 35.8 Å².